The first kappa shape index (κ1) is 14.6. The van der Waals surface area contributed by atoms with E-state index < -0.39 is 10.0 Å². The van der Waals surface area contributed by atoms with E-state index in [9.17, 15) is 8.42 Å². The molecule has 0 unspecified atom stereocenters. The van der Waals surface area contributed by atoms with Gasteiger partial charge < -0.3 is 4.42 Å². The molecule has 0 amide bonds. The molecule has 104 valence electrons. The van der Waals surface area contributed by atoms with Crippen molar-refractivity contribution in [2.24, 2.45) is 0 Å². The summed E-state index contributed by atoms with van der Waals surface area (Å²) in [4.78, 5) is 0.0486. The maximum Gasteiger partial charge on any atom is 0.243 e. The van der Waals surface area contributed by atoms with Crippen LogP contribution in [0.5, 0.6) is 0 Å². The molecule has 0 aliphatic heterocycles. The van der Waals surface area contributed by atoms with Gasteiger partial charge in [-0.15, -0.1) is 0 Å². The summed E-state index contributed by atoms with van der Waals surface area (Å²) in [6.45, 7) is 0.191. The maximum absolute atomic E-state index is 12.4. The highest BCUT2D eigenvalue weighted by Crippen LogP contribution is 2.23. The molecule has 1 aromatic carbocycles. The highest BCUT2D eigenvalue weighted by molar-refractivity contribution is 7.89. The van der Waals surface area contributed by atoms with Crippen LogP contribution in [0.2, 0.25) is 5.02 Å². The van der Waals surface area contributed by atoms with E-state index >= 15 is 0 Å². The van der Waals surface area contributed by atoms with Crippen molar-refractivity contribution in [2.75, 3.05) is 7.05 Å². The zero-order valence-corrected chi connectivity index (χ0v) is 12.1. The Morgan fingerprint density at radius 3 is 2.70 bits per heavy atom. The number of furan rings is 1. The van der Waals surface area contributed by atoms with Gasteiger partial charge in [0.05, 0.1) is 28.0 Å². The number of nitriles is 1. The van der Waals surface area contributed by atoms with Crippen LogP contribution < -0.4 is 0 Å². The Morgan fingerprint density at radius 1 is 1.40 bits per heavy atom. The van der Waals surface area contributed by atoms with Gasteiger partial charge in [-0.3, -0.25) is 0 Å². The van der Waals surface area contributed by atoms with Gasteiger partial charge in [0.1, 0.15) is 6.07 Å². The Balaban J connectivity index is 2.30. The van der Waals surface area contributed by atoms with Crippen LogP contribution in [0.15, 0.2) is 46.1 Å². The predicted octanol–water partition coefficient (Wildman–Crippen LogP) is 2.63. The van der Waals surface area contributed by atoms with Crippen molar-refractivity contribution in [3.8, 4) is 6.07 Å². The molecule has 0 saturated heterocycles. The molecule has 0 aliphatic carbocycles. The summed E-state index contributed by atoms with van der Waals surface area (Å²) in [6, 6.07) is 7.61. The Labute approximate surface area is 122 Å². The molecule has 2 rings (SSSR count). The Morgan fingerprint density at radius 2 is 2.15 bits per heavy atom. The SMILES string of the molecule is CN(Cc1ccoc1)S(=O)(=O)c1ccc(C#N)c(Cl)c1. The molecule has 0 radical (unpaired) electrons. The van der Waals surface area contributed by atoms with Gasteiger partial charge in [0.25, 0.3) is 0 Å². The van der Waals surface area contributed by atoms with Crippen LogP contribution in [-0.2, 0) is 16.6 Å². The summed E-state index contributed by atoms with van der Waals surface area (Å²) in [7, 11) is -2.20. The predicted molar refractivity (Wildman–Crippen MR) is 73.5 cm³/mol. The zero-order chi connectivity index (χ0) is 14.8. The molecule has 0 saturated carbocycles. The molecule has 0 bridgehead atoms. The number of nitrogens with zero attached hydrogens (tertiary/aromatic N) is 2. The molecular weight excluding hydrogens is 300 g/mol. The largest absolute Gasteiger partial charge is 0.472 e. The molecule has 0 spiro atoms. The van der Waals surface area contributed by atoms with Gasteiger partial charge in [0, 0.05) is 19.2 Å². The first-order valence-electron chi connectivity index (χ1n) is 5.62. The summed E-state index contributed by atoms with van der Waals surface area (Å²) in [5.41, 5.74) is 0.985. The molecule has 2 aromatic rings. The highest BCUT2D eigenvalue weighted by Gasteiger charge is 2.22. The van der Waals surface area contributed by atoms with Crippen LogP contribution in [0.4, 0.5) is 0 Å². The first-order chi connectivity index (χ1) is 9.45. The zero-order valence-electron chi connectivity index (χ0n) is 10.6. The monoisotopic (exact) mass is 310 g/mol. The lowest BCUT2D eigenvalue weighted by molar-refractivity contribution is 0.463. The normalized spacial score (nSPS) is 11.5. The van der Waals surface area contributed by atoms with E-state index in [1.165, 1.54) is 42.1 Å². The van der Waals surface area contributed by atoms with Crippen LogP contribution in [0.25, 0.3) is 0 Å². The third-order valence-electron chi connectivity index (χ3n) is 2.75. The molecule has 1 aromatic heterocycles. The number of hydrogen-bond donors (Lipinski definition) is 0. The molecular formula is C13H11ClN2O3S. The van der Waals surface area contributed by atoms with Gasteiger partial charge in [0.15, 0.2) is 0 Å². The van der Waals surface area contributed by atoms with Gasteiger partial charge in [-0.1, -0.05) is 11.6 Å². The maximum atomic E-state index is 12.4. The van der Waals surface area contributed by atoms with Crippen LogP contribution in [-0.4, -0.2) is 19.8 Å². The quantitative estimate of drug-likeness (QED) is 0.870. The molecule has 20 heavy (non-hydrogen) atoms. The Bertz CT molecular complexity index is 748. The fraction of sp³-hybridized carbons (Fsp3) is 0.154. The van der Waals surface area contributed by atoms with E-state index in [-0.39, 0.29) is 22.0 Å². The second kappa shape index (κ2) is 5.67. The van der Waals surface area contributed by atoms with E-state index in [1.807, 2.05) is 6.07 Å². The number of sulfonamides is 1. The minimum absolute atomic E-state index is 0.0486. The number of benzene rings is 1. The average molecular weight is 311 g/mol. The van der Waals surface area contributed by atoms with Crippen molar-refractivity contribution >= 4 is 21.6 Å². The Hall–Kier alpha value is -1.81. The van der Waals surface area contributed by atoms with Crippen LogP contribution >= 0.6 is 11.6 Å². The standard InChI is InChI=1S/C13H11ClN2O3S/c1-16(8-10-4-5-19-9-10)20(17,18)12-3-2-11(7-15)13(14)6-12/h2-6,9H,8H2,1H3. The van der Waals surface area contributed by atoms with Crippen molar-refractivity contribution in [2.45, 2.75) is 11.4 Å². The number of hydrogen-bond acceptors (Lipinski definition) is 4. The summed E-state index contributed by atoms with van der Waals surface area (Å²) in [5.74, 6) is 0. The minimum Gasteiger partial charge on any atom is -0.472 e. The van der Waals surface area contributed by atoms with Gasteiger partial charge in [-0.25, -0.2) is 8.42 Å². The molecule has 5 nitrogen and oxygen atoms in total. The van der Waals surface area contributed by atoms with E-state index in [2.05, 4.69) is 0 Å². The first-order valence-corrected chi connectivity index (χ1v) is 7.44. The van der Waals surface area contributed by atoms with Gasteiger partial charge in [-0.2, -0.15) is 9.57 Å². The second-order valence-electron chi connectivity index (χ2n) is 4.15. The van der Waals surface area contributed by atoms with Crippen LogP contribution in [0.3, 0.4) is 0 Å². The lowest BCUT2D eigenvalue weighted by Gasteiger charge is -2.16. The average Bonchev–Trinajstić information content (AvgIpc) is 2.91. The lowest BCUT2D eigenvalue weighted by atomic mass is 10.2. The van der Waals surface area contributed by atoms with Gasteiger partial charge in [0.2, 0.25) is 10.0 Å². The van der Waals surface area contributed by atoms with E-state index in [0.717, 1.165) is 5.56 Å². The van der Waals surface area contributed by atoms with Crippen molar-refractivity contribution in [3.63, 3.8) is 0 Å². The van der Waals surface area contributed by atoms with Crippen molar-refractivity contribution in [1.29, 1.82) is 5.26 Å². The van der Waals surface area contributed by atoms with E-state index in [4.69, 9.17) is 21.3 Å². The lowest BCUT2D eigenvalue weighted by Crippen LogP contribution is -2.26. The van der Waals surface area contributed by atoms with E-state index in [1.54, 1.807) is 6.07 Å². The minimum atomic E-state index is -3.66. The molecule has 7 heteroatoms. The van der Waals surface area contributed by atoms with Crippen molar-refractivity contribution in [3.05, 3.63) is 52.9 Å². The number of halogens is 1. The highest BCUT2D eigenvalue weighted by atomic mass is 35.5. The number of rotatable bonds is 4. The van der Waals surface area contributed by atoms with Crippen molar-refractivity contribution in [1.82, 2.24) is 4.31 Å². The van der Waals surface area contributed by atoms with E-state index in [0.29, 0.717) is 0 Å². The summed E-state index contributed by atoms with van der Waals surface area (Å²) < 4.78 is 30.8. The van der Waals surface area contributed by atoms with Crippen LogP contribution in [0.1, 0.15) is 11.1 Å². The molecule has 0 N–H and O–H groups in total. The van der Waals surface area contributed by atoms with Gasteiger partial charge in [-0.05, 0) is 24.3 Å². The fourth-order valence-corrected chi connectivity index (χ4v) is 3.12. The third-order valence-corrected chi connectivity index (χ3v) is 4.87. The molecule has 0 fully saturated rings. The fourth-order valence-electron chi connectivity index (χ4n) is 1.65. The molecule has 0 aliphatic rings. The topological polar surface area (TPSA) is 74.3 Å². The smallest absolute Gasteiger partial charge is 0.243 e. The molecule has 0 atom stereocenters. The van der Waals surface area contributed by atoms with Crippen molar-refractivity contribution < 1.29 is 12.8 Å². The third kappa shape index (κ3) is 2.85. The molecule has 1 heterocycles. The van der Waals surface area contributed by atoms with Crippen LogP contribution in [0, 0.1) is 11.3 Å². The summed E-state index contributed by atoms with van der Waals surface area (Å²) in [5, 5.41) is 8.90. The summed E-state index contributed by atoms with van der Waals surface area (Å²) in [6.07, 6.45) is 2.96. The summed E-state index contributed by atoms with van der Waals surface area (Å²) >= 11 is 5.86. The Kier molecular flexibility index (Phi) is 4.14. The van der Waals surface area contributed by atoms with Gasteiger partial charge >= 0.3 is 0 Å². The second-order valence-corrected chi connectivity index (χ2v) is 6.60.